The van der Waals surface area contributed by atoms with E-state index in [-0.39, 0.29) is 5.91 Å². The van der Waals surface area contributed by atoms with Gasteiger partial charge in [-0.05, 0) is 18.2 Å². The summed E-state index contributed by atoms with van der Waals surface area (Å²) < 4.78 is 5.39. The molecule has 0 aliphatic rings. The Bertz CT molecular complexity index is 972. The number of methoxy groups -OCH3 is 1. The number of nitrogens with one attached hydrogen (secondary N) is 2. The molecule has 6 heteroatoms. The average molecular weight is 368 g/mol. The zero-order valence-corrected chi connectivity index (χ0v) is 15.0. The van der Waals surface area contributed by atoms with Crippen LogP contribution >= 0.6 is 11.6 Å². The number of aromatic nitrogens is 1. The highest BCUT2D eigenvalue weighted by atomic mass is 35.5. The fourth-order valence-corrected chi connectivity index (χ4v) is 2.81. The Morgan fingerprint density at radius 3 is 2.81 bits per heavy atom. The fraction of sp³-hybridized carbons (Fsp3) is 0.100. The van der Waals surface area contributed by atoms with Crippen LogP contribution in [0.4, 0.5) is 11.4 Å². The normalized spacial score (nSPS) is 10.4. The lowest BCUT2D eigenvalue weighted by Crippen LogP contribution is -2.24. The van der Waals surface area contributed by atoms with Gasteiger partial charge in [-0.1, -0.05) is 41.9 Å². The summed E-state index contributed by atoms with van der Waals surface area (Å²) in [7, 11) is 1.59. The summed E-state index contributed by atoms with van der Waals surface area (Å²) in [5.41, 5.74) is 2.38. The fourth-order valence-electron chi connectivity index (χ4n) is 2.62. The zero-order valence-electron chi connectivity index (χ0n) is 14.3. The van der Waals surface area contributed by atoms with Crippen molar-refractivity contribution in [1.29, 1.82) is 0 Å². The molecule has 0 fully saturated rings. The van der Waals surface area contributed by atoms with Crippen molar-refractivity contribution in [1.82, 2.24) is 10.3 Å². The van der Waals surface area contributed by atoms with Crippen molar-refractivity contribution in [3.05, 3.63) is 71.9 Å². The minimum absolute atomic E-state index is 0.253. The Balaban J connectivity index is 2.18. The first-order valence-corrected chi connectivity index (χ1v) is 8.40. The molecule has 2 N–H and O–H groups in total. The van der Waals surface area contributed by atoms with Crippen molar-refractivity contribution in [3.63, 3.8) is 0 Å². The molecule has 26 heavy (non-hydrogen) atoms. The second kappa shape index (κ2) is 7.89. The van der Waals surface area contributed by atoms with Crippen LogP contribution < -0.4 is 15.4 Å². The van der Waals surface area contributed by atoms with Crippen LogP contribution in [0.2, 0.25) is 5.02 Å². The molecule has 0 bridgehead atoms. The Kier molecular flexibility index (Phi) is 5.39. The third kappa shape index (κ3) is 3.48. The van der Waals surface area contributed by atoms with Crippen molar-refractivity contribution in [2.45, 2.75) is 0 Å². The van der Waals surface area contributed by atoms with E-state index in [9.17, 15) is 4.79 Å². The lowest BCUT2D eigenvalue weighted by Gasteiger charge is -2.16. The third-order valence-electron chi connectivity index (χ3n) is 3.87. The van der Waals surface area contributed by atoms with Crippen LogP contribution in [-0.2, 0) is 0 Å². The largest absolute Gasteiger partial charge is 0.494 e. The predicted molar refractivity (Wildman–Crippen MR) is 106 cm³/mol. The van der Waals surface area contributed by atoms with Gasteiger partial charge in [0, 0.05) is 18.1 Å². The molecule has 0 saturated heterocycles. The second-order valence-electron chi connectivity index (χ2n) is 5.51. The van der Waals surface area contributed by atoms with Crippen LogP contribution in [0, 0.1) is 0 Å². The Morgan fingerprint density at radius 2 is 2.08 bits per heavy atom. The van der Waals surface area contributed by atoms with Gasteiger partial charge in [-0.25, -0.2) is 0 Å². The number of ether oxygens (including phenoxy) is 1. The quantitative estimate of drug-likeness (QED) is 0.627. The molecule has 0 aliphatic heterocycles. The van der Waals surface area contributed by atoms with Crippen LogP contribution in [0.25, 0.3) is 10.9 Å². The maximum atomic E-state index is 12.6. The van der Waals surface area contributed by atoms with Crippen molar-refractivity contribution in [2.24, 2.45) is 0 Å². The first-order chi connectivity index (χ1) is 12.7. The number of anilines is 2. The minimum Gasteiger partial charge on any atom is -0.494 e. The smallest absolute Gasteiger partial charge is 0.255 e. The van der Waals surface area contributed by atoms with E-state index in [4.69, 9.17) is 16.3 Å². The van der Waals surface area contributed by atoms with Crippen molar-refractivity contribution in [2.75, 3.05) is 19.0 Å². The lowest BCUT2D eigenvalue weighted by atomic mass is 10.1. The van der Waals surface area contributed by atoms with Crippen molar-refractivity contribution in [3.8, 4) is 5.75 Å². The highest BCUT2D eigenvalue weighted by Crippen LogP contribution is 2.35. The molecule has 2 aromatic carbocycles. The van der Waals surface area contributed by atoms with E-state index >= 15 is 0 Å². The Hall–Kier alpha value is -3.05. The highest BCUT2D eigenvalue weighted by Gasteiger charge is 2.17. The Labute approximate surface area is 156 Å². The molecule has 0 saturated carbocycles. The van der Waals surface area contributed by atoms with E-state index in [1.165, 1.54) is 6.20 Å². The summed E-state index contributed by atoms with van der Waals surface area (Å²) in [6.07, 6.45) is 3.15. The molecule has 3 aromatic rings. The number of hydrogen-bond donors (Lipinski definition) is 2. The summed E-state index contributed by atoms with van der Waals surface area (Å²) in [6.45, 7) is 3.98. The third-order valence-corrected chi connectivity index (χ3v) is 4.20. The molecule has 1 amide bonds. The number of fused-ring (bicyclic) bond motifs is 1. The van der Waals surface area contributed by atoms with E-state index < -0.39 is 0 Å². The van der Waals surface area contributed by atoms with Gasteiger partial charge in [-0.2, -0.15) is 0 Å². The highest BCUT2D eigenvalue weighted by molar-refractivity contribution is 6.33. The van der Waals surface area contributed by atoms with Crippen LogP contribution in [0.15, 0.2) is 61.3 Å². The molecule has 0 unspecified atom stereocenters. The number of pyridine rings is 1. The molecule has 1 aromatic heterocycles. The van der Waals surface area contributed by atoms with E-state index in [1.807, 2.05) is 36.4 Å². The van der Waals surface area contributed by atoms with Crippen LogP contribution in [0.3, 0.4) is 0 Å². The molecule has 5 nitrogen and oxygen atoms in total. The van der Waals surface area contributed by atoms with E-state index in [0.29, 0.717) is 39.8 Å². The number of halogens is 1. The molecular formula is C20H18ClN3O2. The number of rotatable bonds is 6. The SMILES string of the molecule is C=CCNC(=O)c1cnc2c(OC)cccc2c1Nc1ccccc1Cl. The maximum absolute atomic E-state index is 12.6. The van der Waals surface area contributed by atoms with Crippen molar-refractivity contribution >= 4 is 39.8 Å². The van der Waals surface area contributed by atoms with Gasteiger partial charge in [0.05, 0.1) is 29.1 Å². The molecule has 132 valence electrons. The molecule has 0 atom stereocenters. The molecule has 0 spiro atoms. The molecular weight excluding hydrogens is 350 g/mol. The minimum atomic E-state index is -0.253. The summed E-state index contributed by atoms with van der Waals surface area (Å²) >= 11 is 6.28. The van der Waals surface area contributed by atoms with E-state index in [0.717, 1.165) is 5.39 Å². The summed E-state index contributed by atoms with van der Waals surface area (Å²) in [5.74, 6) is 0.374. The van der Waals surface area contributed by atoms with Crippen LogP contribution in [0.1, 0.15) is 10.4 Å². The van der Waals surface area contributed by atoms with Gasteiger partial charge in [-0.15, -0.1) is 6.58 Å². The molecule has 0 aliphatic carbocycles. The monoisotopic (exact) mass is 367 g/mol. The molecule has 0 radical (unpaired) electrons. The van der Waals surface area contributed by atoms with Gasteiger partial charge in [0.1, 0.15) is 11.3 Å². The van der Waals surface area contributed by atoms with Gasteiger partial charge in [0.2, 0.25) is 0 Å². The van der Waals surface area contributed by atoms with Gasteiger partial charge in [0.15, 0.2) is 0 Å². The van der Waals surface area contributed by atoms with Crippen LogP contribution in [0.5, 0.6) is 5.75 Å². The topological polar surface area (TPSA) is 63.2 Å². The maximum Gasteiger partial charge on any atom is 0.255 e. The average Bonchev–Trinajstić information content (AvgIpc) is 2.67. The summed E-state index contributed by atoms with van der Waals surface area (Å²) in [5, 5.41) is 7.37. The number of benzene rings is 2. The van der Waals surface area contributed by atoms with Crippen LogP contribution in [-0.4, -0.2) is 24.5 Å². The summed E-state index contributed by atoms with van der Waals surface area (Å²) in [6, 6.07) is 12.9. The van der Waals surface area contributed by atoms with E-state index in [1.54, 1.807) is 19.3 Å². The van der Waals surface area contributed by atoms with Gasteiger partial charge < -0.3 is 15.4 Å². The predicted octanol–water partition coefficient (Wildman–Crippen LogP) is 4.56. The van der Waals surface area contributed by atoms with Gasteiger partial charge in [-0.3, -0.25) is 9.78 Å². The zero-order chi connectivity index (χ0) is 18.5. The standard InChI is InChI=1S/C20H18ClN3O2/c1-3-11-22-20(25)14-12-23-19-13(7-6-10-17(19)26-2)18(14)24-16-9-5-4-8-15(16)21/h3-10,12H,1,11H2,2H3,(H,22,25)(H,23,24). The Morgan fingerprint density at radius 1 is 1.27 bits per heavy atom. The molecule has 1 heterocycles. The van der Waals surface area contributed by atoms with E-state index in [2.05, 4.69) is 22.2 Å². The number of nitrogens with zero attached hydrogens (tertiary/aromatic N) is 1. The first kappa shape index (κ1) is 17.8. The number of amides is 1. The molecule has 3 rings (SSSR count). The van der Waals surface area contributed by atoms with Gasteiger partial charge in [0.25, 0.3) is 5.91 Å². The number of para-hydroxylation sites is 2. The summed E-state index contributed by atoms with van der Waals surface area (Å²) in [4.78, 5) is 17.0. The van der Waals surface area contributed by atoms with Crippen molar-refractivity contribution < 1.29 is 9.53 Å². The number of carbonyl (C=O) groups excluding carboxylic acids is 1. The second-order valence-corrected chi connectivity index (χ2v) is 5.91. The number of carbonyl (C=O) groups is 1. The first-order valence-electron chi connectivity index (χ1n) is 8.02. The lowest BCUT2D eigenvalue weighted by molar-refractivity contribution is 0.0958. The number of hydrogen-bond acceptors (Lipinski definition) is 4. The van der Waals surface area contributed by atoms with Gasteiger partial charge >= 0.3 is 0 Å².